The van der Waals surface area contributed by atoms with Crippen molar-refractivity contribution in [1.29, 1.82) is 0 Å². The minimum absolute atomic E-state index is 0.108. The van der Waals surface area contributed by atoms with Crippen molar-refractivity contribution < 1.29 is 9.18 Å². The van der Waals surface area contributed by atoms with Gasteiger partial charge in [-0.2, -0.15) is 0 Å². The molecule has 2 aliphatic heterocycles. The van der Waals surface area contributed by atoms with E-state index in [4.69, 9.17) is 0 Å². The van der Waals surface area contributed by atoms with Crippen molar-refractivity contribution in [2.24, 2.45) is 0 Å². The molecule has 0 saturated carbocycles. The first-order valence-electron chi connectivity index (χ1n) is 10.7. The number of carbonyl (C=O) groups is 1. The first kappa shape index (κ1) is 19.9. The zero-order valence-electron chi connectivity index (χ0n) is 17.2. The third-order valence-electron chi connectivity index (χ3n) is 6.25. The number of amides is 1. The number of piperidine rings is 1. The van der Waals surface area contributed by atoms with Gasteiger partial charge in [0.2, 0.25) is 0 Å². The van der Waals surface area contributed by atoms with Crippen LogP contribution >= 0.6 is 0 Å². The predicted molar refractivity (Wildman–Crippen MR) is 115 cm³/mol. The van der Waals surface area contributed by atoms with Crippen molar-refractivity contribution in [3.05, 3.63) is 65.0 Å². The van der Waals surface area contributed by atoms with Crippen LogP contribution in [-0.2, 0) is 6.42 Å². The summed E-state index contributed by atoms with van der Waals surface area (Å²) in [5.41, 5.74) is 4.05. The van der Waals surface area contributed by atoms with Gasteiger partial charge in [-0.05, 0) is 68.1 Å². The van der Waals surface area contributed by atoms with E-state index in [1.165, 1.54) is 54.6 Å². The van der Waals surface area contributed by atoms with Gasteiger partial charge in [-0.3, -0.25) is 9.69 Å². The lowest BCUT2D eigenvalue weighted by atomic mass is 9.95. The number of hydrogen-bond donors (Lipinski definition) is 1. The highest BCUT2D eigenvalue weighted by atomic mass is 19.1. The lowest BCUT2D eigenvalue weighted by molar-refractivity contribution is 0.0920. The summed E-state index contributed by atoms with van der Waals surface area (Å²) in [5.74, 6) is -0.820. The average molecular weight is 396 g/mol. The summed E-state index contributed by atoms with van der Waals surface area (Å²) in [6.07, 6.45) is 5.91. The Morgan fingerprint density at radius 1 is 1.07 bits per heavy atom. The minimum atomic E-state index is -0.476. The molecule has 2 aliphatic rings. The van der Waals surface area contributed by atoms with E-state index >= 15 is 0 Å². The van der Waals surface area contributed by atoms with Crippen molar-refractivity contribution in [3.8, 4) is 0 Å². The van der Waals surface area contributed by atoms with Crippen molar-refractivity contribution in [3.63, 3.8) is 0 Å². The second-order valence-electron chi connectivity index (χ2n) is 8.22. The van der Waals surface area contributed by atoms with Crippen LogP contribution in [0.2, 0.25) is 0 Å². The summed E-state index contributed by atoms with van der Waals surface area (Å²) in [7, 11) is 2.15. The lowest BCUT2D eigenvalue weighted by Gasteiger charge is -2.36. The topological polar surface area (TPSA) is 35.6 Å². The van der Waals surface area contributed by atoms with Gasteiger partial charge in [0.05, 0.1) is 11.6 Å². The fourth-order valence-corrected chi connectivity index (χ4v) is 4.63. The molecular formula is C24H30FN3O. The van der Waals surface area contributed by atoms with Gasteiger partial charge in [0, 0.05) is 25.8 Å². The van der Waals surface area contributed by atoms with Crippen LogP contribution in [0.1, 0.15) is 53.2 Å². The highest BCUT2D eigenvalue weighted by molar-refractivity contribution is 5.94. The van der Waals surface area contributed by atoms with E-state index in [9.17, 15) is 9.18 Å². The normalized spacial score (nSPS) is 18.2. The van der Waals surface area contributed by atoms with Crippen molar-refractivity contribution >= 4 is 11.6 Å². The molecule has 0 aliphatic carbocycles. The summed E-state index contributed by atoms with van der Waals surface area (Å²) in [6, 6.07) is 13.0. The van der Waals surface area contributed by atoms with Gasteiger partial charge in [0.15, 0.2) is 0 Å². The highest BCUT2D eigenvalue weighted by Crippen LogP contribution is 2.31. The van der Waals surface area contributed by atoms with E-state index in [1.807, 2.05) is 0 Å². The molecule has 1 N–H and O–H groups in total. The third-order valence-corrected chi connectivity index (χ3v) is 6.25. The minimum Gasteiger partial charge on any atom is -0.374 e. The molecule has 0 spiro atoms. The van der Waals surface area contributed by atoms with E-state index in [2.05, 4.69) is 40.4 Å². The Hall–Kier alpha value is -2.40. The Morgan fingerprint density at radius 2 is 1.86 bits per heavy atom. The number of benzene rings is 2. The molecule has 154 valence electrons. The third kappa shape index (κ3) is 4.45. The maximum absolute atomic E-state index is 14.0. The molecule has 29 heavy (non-hydrogen) atoms. The fourth-order valence-electron chi connectivity index (χ4n) is 4.63. The number of carbonyl (C=O) groups excluding carboxylic acids is 1. The maximum atomic E-state index is 14.0. The molecule has 0 aromatic heterocycles. The van der Waals surface area contributed by atoms with Crippen LogP contribution in [0.4, 0.5) is 10.1 Å². The zero-order chi connectivity index (χ0) is 20.2. The molecule has 4 nitrogen and oxygen atoms in total. The average Bonchev–Trinajstić information content (AvgIpc) is 2.75. The molecule has 1 amide bonds. The SMILES string of the molecule is CN1CCCc2cc([C@H](CNC(=O)c3ccccc3F)N3CCCCC3)ccc21. The lowest BCUT2D eigenvalue weighted by Crippen LogP contribution is -2.41. The number of nitrogens with zero attached hydrogens (tertiary/aromatic N) is 2. The summed E-state index contributed by atoms with van der Waals surface area (Å²) < 4.78 is 14.0. The second kappa shape index (κ2) is 8.95. The molecule has 1 fully saturated rings. The molecular weight excluding hydrogens is 365 g/mol. The number of likely N-dealkylation sites (tertiary alicyclic amines) is 1. The number of aryl methyl sites for hydroxylation is 1. The van der Waals surface area contributed by atoms with Crippen molar-refractivity contribution in [2.45, 2.75) is 38.1 Å². The van der Waals surface area contributed by atoms with Crippen LogP contribution in [0, 0.1) is 5.82 Å². The van der Waals surface area contributed by atoms with Crippen LogP contribution in [-0.4, -0.2) is 44.0 Å². The smallest absolute Gasteiger partial charge is 0.254 e. The van der Waals surface area contributed by atoms with Gasteiger partial charge in [-0.25, -0.2) is 4.39 Å². The zero-order valence-corrected chi connectivity index (χ0v) is 17.2. The predicted octanol–water partition coefficient (Wildman–Crippen LogP) is 4.17. The molecule has 0 unspecified atom stereocenters. The standard InChI is InChI=1S/C24H30FN3O/c1-27-13-7-8-18-16-19(11-12-22(18)27)23(28-14-5-2-6-15-28)17-26-24(29)20-9-3-4-10-21(20)25/h3-4,9-12,16,23H,2,5-8,13-15,17H2,1H3,(H,26,29)/t23-/m0/s1. The Kier molecular flexibility index (Phi) is 6.14. The van der Waals surface area contributed by atoms with Crippen LogP contribution in [0.5, 0.6) is 0 Å². The van der Waals surface area contributed by atoms with Crippen LogP contribution in [0.3, 0.4) is 0 Å². The van der Waals surface area contributed by atoms with Gasteiger partial charge < -0.3 is 10.2 Å². The van der Waals surface area contributed by atoms with Gasteiger partial charge in [-0.15, -0.1) is 0 Å². The second-order valence-corrected chi connectivity index (χ2v) is 8.22. The number of halogens is 1. The molecule has 0 radical (unpaired) electrons. The number of rotatable bonds is 5. The number of fused-ring (bicyclic) bond motifs is 1. The highest BCUT2D eigenvalue weighted by Gasteiger charge is 2.25. The molecule has 5 heteroatoms. The van der Waals surface area contributed by atoms with Gasteiger partial charge >= 0.3 is 0 Å². The fraction of sp³-hybridized carbons (Fsp3) is 0.458. The Balaban J connectivity index is 1.55. The molecule has 1 saturated heterocycles. The van der Waals surface area contributed by atoms with Crippen LogP contribution in [0.15, 0.2) is 42.5 Å². The van der Waals surface area contributed by atoms with E-state index in [0.717, 1.165) is 26.1 Å². The molecule has 2 aromatic carbocycles. The number of anilines is 1. The van der Waals surface area contributed by atoms with Crippen LogP contribution in [0.25, 0.3) is 0 Å². The van der Waals surface area contributed by atoms with Gasteiger partial charge in [0.25, 0.3) is 5.91 Å². The van der Waals surface area contributed by atoms with E-state index in [0.29, 0.717) is 6.54 Å². The summed E-state index contributed by atoms with van der Waals surface area (Å²) in [6.45, 7) is 3.66. The molecule has 2 heterocycles. The molecule has 0 bridgehead atoms. The molecule has 4 rings (SSSR count). The number of hydrogen-bond acceptors (Lipinski definition) is 3. The van der Waals surface area contributed by atoms with E-state index in [-0.39, 0.29) is 17.5 Å². The Morgan fingerprint density at radius 3 is 2.66 bits per heavy atom. The van der Waals surface area contributed by atoms with Crippen LogP contribution < -0.4 is 10.2 Å². The van der Waals surface area contributed by atoms with E-state index in [1.54, 1.807) is 12.1 Å². The van der Waals surface area contributed by atoms with Gasteiger partial charge in [-0.1, -0.05) is 30.7 Å². The van der Waals surface area contributed by atoms with Crippen molar-refractivity contribution in [2.75, 3.05) is 38.1 Å². The largest absolute Gasteiger partial charge is 0.374 e. The number of nitrogens with one attached hydrogen (secondary N) is 1. The van der Waals surface area contributed by atoms with Gasteiger partial charge in [0.1, 0.15) is 5.82 Å². The first-order chi connectivity index (χ1) is 14.1. The first-order valence-corrected chi connectivity index (χ1v) is 10.7. The maximum Gasteiger partial charge on any atom is 0.254 e. The Bertz CT molecular complexity index is 863. The van der Waals surface area contributed by atoms with Crippen molar-refractivity contribution in [1.82, 2.24) is 10.2 Å². The molecule has 1 atom stereocenters. The summed E-state index contributed by atoms with van der Waals surface area (Å²) >= 11 is 0. The Labute approximate surface area is 172 Å². The summed E-state index contributed by atoms with van der Waals surface area (Å²) in [4.78, 5) is 17.4. The summed E-state index contributed by atoms with van der Waals surface area (Å²) in [5, 5.41) is 2.99. The molecule has 2 aromatic rings. The quantitative estimate of drug-likeness (QED) is 0.826. The van der Waals surface area contributed by atoms with E-state index < -0.39 is 5.82 Å². The monoisotopic (exact) mass is 395 g/mol.